The summed E-state index contributed by atoms with van der Waals surface area (Å²) >= 11 is 0. The van der Waals surface area contributed by atoms with Gasteiger partial charge in [-0.1, -0.05) is 19.8 Å². The van der Waals surface area contributed by atoms with Crippen molar-refractivity contribution in [1.82, 2.24) is 20.2 Å². The van der Waals surface area contributed by atoms with Gasteiger partial charge in [-0.15, -0.1) is 0 Å². The van der Waals surface area contributed by atoms with E-state index in [2.05, 4.69) is 32.0 Å². The van der Waals surface area contributed by atoms with Gasteiger partial charge in [0.25, 0.3) is 0 Å². The van der Waals surface area contributed by atoms with Gasteiger partial charge < -0.3 is 10.2 Å². The van der Waals surface area contributed by atoms with E-state index in [0.29, 0.717) is 0 Å². The molecule has 0 unspecified atom stereocenters. The van der Waals surface area contributed by atoms with Gasteiger partial charge in [0, 0.05) is 56.7 Å². The minimum Gasteiger partial charge on any atom is -0.338 e. The van der Waals surface area contributed by atoms with Gasteiger partial charge in [0.15, 0.2) is 0 Å². The topological polar surface area (TPSA) is 44.3 Å². The Balaban J connectivity index is 1.51. The molecule has 0 amide bonds. The van der Waals surface area contributed by atoms with E-state index < -0.39 is 0 Å². The Labute approximate surface area is 127 Å². The molecule has 5 heteroatoms. The molecule has 1 aliphatic carbocycles. The smallest absolute Gasteiger partial charge is 0.225 e. The molecule has 2 heterocycles. The number of nitrogens with zero attached hydrogens (tertiary/aromatic N) is 4. The molecule has 1 saturated carbocycles. The van der Waals surface area contributed by atoms with Crippen LogP contribution >= 0.6 is 0 Å². The molecule has 0 aromatic carbocycles. The molecule has 3 rings (SSSR count). The average Bonchev–Trinajstić information content (AvgIpc) is 3.08. The molecule has 0 bridgehead atoms. The maximum absolute atomic E-state index is 4.53. The lowest BCUT2D eigenvalue weighted by atomic mass is 10.2. The number of piperazine rings is 1. The van der Waals surface area contributed by atoms with E-state index in [4.69, 9.17) is 0 Å². The molecule has 2 aliphatic rings. The first-order valence-electron chi connectivity index (χ1n) is 8.37. The highest BCUT2D eigenvalue weighted by Gasteiger charge is 2.26. The molecule has 0 atom stereocenters. The van der Waals surface area contributed by atoms with Crippen LogP contribution in [0.2, 0.25) is 0 Å². The van der Waals surface area contributed by atoms with Crippen molar-refractivity contribution in [1.29, 1.82) is 0 Å². The standard InChI is InChI=1S/C16H27N5/c1-2-17-11-14-12-18-16(19-13-14)21-9-7-20(8-10-21)15-5-3-4-6-15/h12-13,15,17H,2-11H2,1H3. The summed E-state index contributed by atoms with van der Waals surface area (Å²) in [6.07, 6.45) is 9.54. The fourth-order valence-corrected chi connectivity index (χ4v) is 3.43. The maximum Gasteiger partial charge on any atom is 0.225 e. The van der Waals surface area contributed by atoms with Gasteiger partial charge in [-0.2, -0.15) is 0 Å². The summed E-state index contributed by atoms with van der Waals surface area (Å²) in [4.78, 5) is 14.1. The van der Waals surface area contributed by atoms with Crippen molar-refractivity contribution in [2.45, 2.75) is 45.2 Å². The van der Waals surface area contributed by atoms with Gasteiger partial charge >= 0.3 is 0 Å². The van der Waals surface area contributed by atoms with Crippen LogP contribution in [0, 0.1) is 0 Å². The Kier molecular flexibility index (Phi) is 5.04. The third-order valence-electron chi connectivity index (χ3n) is 4.71. The van der Waals surface area contributed by atoms with Crippen LogP contribution in [-0.2, 0) is 6.54 Å². The van der Waals surface area contributed by atoms with E-state index >= 15 is 0 Å². The zero-order valence-corrected chi connectivity index (χ0v) is 13.1. The summed E-state index contributed by atoms with van der Waals surface area (Å²) < 4.78 is 0. The van der Waals surface area contributed by atoms with E-state index in [-0.39, 0.29) is 0 Å². The first-order chi connectivity index (χ1) is 10.4. The van der Waals surface area contributed by atoms with Crippen LogP contribution in [0.4, 0.5) is 5.95 Å². The molecule has 0 spiro atoms. The third kappa shape index (κ3) is 3.71. The van der Waals surface area contributed by atoms with Crippen LogP contribution in [0.15, 0.2) is 12.4 Å². The lowest BCUT2D eigenvalue weighted by molar-refractivity contribution is 0.187. The second kappa shape index (κ2) is 7.18. The van der Waals surface area contributed by atoms with E-state index in [1.165, 1.54) is 25.7 Å². The zero-order chi connectivity index (χ0) is 14.5. The molecule has 1 aliphatic heterocycles. The molecule has 1 N–H and O–H groups in total. The number of rotatable bonds is 5. The van der Waals surface area contributed by atoms with Crippen LogP contribution in [0.3, 0.4) is 0 Å². The second-order valence-electron chi connectivity index (χ2n) is 6.13. The Morgan fingerprint density at radius 2 is 1.76 bits per heavy atom. The van der Waals surface area contributed by atoms with Crippen molar-refractivity contribution in [3.8, 4) is 0 Å². The lowest BCUT2D eigenvalue weighted by Gasteiger charge is -2.38. The zero-order valence-electron chi connectivity index (χ0n) is 13.1. The molecule has 2 fully saturated rings. The summed E-state index contributed by atoms with van der Waals surface area (Å²) in [6, 6.07) is 0.843. The monoisotopic (exact) mass is 289 g/mol. The van der Waals surface area contributed by atoms with Crippen LogP contribution in [0.25, 0.3) is 0 Å². The predicted molar refractivity (Wildman–Crippen MR) is 85.5 cm³/mol. The largest absolute Gasteiger partial charge is 0.338 e. The van der Waals surface area contributed by atoms with Gasteiger partial charge in [-0.25, -0.2) is 9.97 Å². The summed E-state index contributed by atoms with van der Waals surface area (Å²) in [6.45, 7) is 8.38. The van der Waals surface area contributed by atoms with Crippen molar-refractivity contribution in [2.75, 3.05) is 37.6 Å². The summed E-state index contributed by atoms with van der Waals surface area (Å²) in [7, 11) is 0. The van der Waals surface area contributed by atoms with Gasteiger partial charge in [0.05, 0.1) is 0 Å². The molecule has 1 aromatic rings. The second-order valence-corrected chi connectivity index (χ2v) is 6.13. The average molecular weight is 289 g/mol. The summed E-state index contributed by atoms with van der Waals surface area (Å²) in [5.74, 6) is 0.890. The number of nitrogens with one attached hydrogen (secondary N) is 1. The minimum absolute atomic E-state index is 0.843. The lowest BCUT2D eigenvalue weighted by Crippen LogP contribution is -2.50. The molecule has 1 aromatic heterocycles. The summed E-state index contributed by atoms with van der Waals surface area (Å²) in [5.41, 5.74) is 1.16. The van der Waals surface area contributed by atoms with Crippen LogP contribution in [0.5, 0.6) is 0 Å². The summed E-state index contributed by atoms with van der Waals surface area (Å²) in [5, 5.41) is 3.30. The number of hydrogen-bond donors (Lipinski definition) is 1. The first-order valence-corrected chi connectivity index (χ1v) is 8.37. The van der Waals surface area contributed by atoms with E-state index in [9.17, 15) is 0 Å². The van der Waals surface area contributed by atoms with E-state index in [0.717, 1.165) is 56.8 Å². The van der Waals surface area contributed by atoms with E-state index in [1.807, 2.05) is 12.4 Å². The fraction of sp³-hybridized carbons (Fsp3) is 0.750. The quantitative estimate of drug-likeness (QED) is 0.893. The number of hydrogen-bond acceptors (Lipinski definition) is 5. The van der Waals surface area contributed by atoms with Gasteiger partial charge in [0.2, 0.25) is 5.95 Å². The molecule has 21 heavy (non-hydrogen) atoms. The van der Waals surface area contributed by atoms with Crippen LogP contribution in [-0.4, -0.2) is 53.6 Å². The van der Waals surface area contributed by atoms with Gasteiger partial charge in [-0.3, -0.25) is 4.90 Å². The molecule has 1 saturated heterocycles. The first kappa shape index (κ1) is 14.7. The van der Waals surface area contributed by atoms with Crippen LogP contribution < -0.4 is 10.2 Å². The molecular weight excluding hydrogens is 262 g/mol. The molecule has 5 nitrogen and oxygen atoms in total. The van der Waals surface area contributed by atoms with Crippen molar-refractivity contribution in [3.05, 3.63) is 18.0 Å². The van der Waals surface area contributed by atoms with Crippen molar-refractivity contribution in [3.63, 3.8) is 0 Å². The van der Waals surface area contributed by atoms with Gasteiger partial charge in [0.1, 0.15) is 0 Å². The SMILES string of the molecule is CCNCc1cnc(N2CCN(C3CCCC3)CC2)nc1. The predicted octanol–water partition coefficient (Wildman–Crippen LogP) is 1.65. The van der Waals surface area contributed by atoms with Crippen molar-refractivity contribution >= 4 is 5.95 Å². The maximum atomic E-state index is 4.53. The fourth-order valence-electron chi connectivity index (χ4n) is 3.43. The highest BCUT2D eigenvalue weighted by Crippen LogP contribution is 2.24. The molecule has 116 valence electrons. The number of aromatic nitrogens is 2. The Morgan fingerprint density at radius 3 is 2.38 bits per heavy atom. The van der Waals surface area contributed by atoms with E-state index in [1.54, 1.807) is 0 Å². The number of anilines is 1. The third-order valence-corrected chi connectivity index (χ3v) is 4.71. The normalized spacial score (nSPS) is 21.1. The highest BCUT2D eigenvalue weighted by molar-refractivity contribution is 5.30. The molecular formula is C16H27N5. The van der Waals surface area contributed by atoms with Crippen molar-refractivity contribution in [2.24, 2.45) is 0 Å². The van der Waals surface area contributed by atoms with Gasteiger partial charge in [-0.05, 0) is 19.4 Å². The Hall–Kier alpha value is -1.20. The minimum atomic E-state index is 0.843. The Morgan fingerprint density at radius 1 is 1.10 bits per heavy atom. The van der Waals surface area contributed by atoms with Crippen molar-refractivity contribution < 1.29 is 0 Å². The molecule has 0 radical (unpaired) electrons. The van der Waals surface area contributed by atoms with Crippen LogP contribution in [0.1, 0.15) is 38.2 Å². The Bertz CT molecular complexity index is 419. The highest BCUT2D eigenvalue weighted by atomic mass is 15.3.